The maximum atomic E-state index is 13.8. The van der Waals surface area contributed by atoms with Crippen LogP contribution in [-0.4, -0.2) is 58.2 Å². The minimum Gasteiger partial charge on any atom is -0.378 e. The molecular weight excluding hydrogens is 536 g/mol. The van der Waals surface area contributed by atoms with Gasteiger partial charge < -0.3 is 14.9 Å². The molecule has 0 aliphatic carbocycles. The van der Waals surface area contributed by atoms with Gasteiger partial charge in [-0.3, -0.25) is 4.90 Å². The van der Waals surface area contributed by atoms with Crippen molar-refractivity contribution in [2.75, 3.05) is 20.1 Å². The lowest BCUT2D eigenvalue weighted by atomic mass is 9.90. The zero-order chi connectivity index (χ0) is 28.2. The summed E-state index contributed by atoms with van der Waals surface area (Å²) in [6.45, 7) is 3.79. The summed E-state index contributed by atoms with van der Waals surface area (Å²) in [6.07, 6.45) is -9.54. The molecular formula is C26H28ClF6N3O2. The molecule has 208 valence electrons. The molecule has 0 saturated carbocycles. The van der Waals surface area contributed by atoms with E-state index in [0.29, 0.717) is 36.5 Å². The molecule has 5 nitrogen and oxygen atoms in total. The Hall–Kier alpha value is -2.50. The van der Waals surface area contributed by atoms with Gasteiger partial charge in [0.1, 0.15) is 6.23 Å². The molecule has 4 atom stereocenters. The smallest absolute Gasteiger partial charge is 0.378 e. The molecule has 0 bridgehead atoms. The first-order valence-electron chi connectivity index (χ1n) is 12.1. The Bertz CT molecular complexity index is 1170. The van der Waals surface area contributed by atoms with E-state index in [9.17, 15) is 36.2 Å². The van der Waals surface area contributed by atoms with Crippen molar-refractivity contribution in [2.24, 2.45) is 0 Å². The van der Waals surface area contributed by atoms with Gasteiger partial charge in [-0.25, -0.2) is 4.79 Å². The number of hydrogen-bond donors (Lipinski definition) is 1. The Balaban J connectivity index is 1.71. The largest absolute Gasteiger partial charge is 0.416 e. The molecule has 38 heavy (non-hydrogen) atoms. The highest BCUT2D eigenvalue weighted by molar-refractivity contribution is 6.31. The van der Waals surface area contributed by atoms with Crippen LogP contribution >= 0.6 is 11.6 Å². The van der Waals surface area contributed by atoms with Crippen molar-refractivity contribution in [3.8, 4) is 0 Å². The Labute approximate surface area is 221 Å². The highest BCUT2D eigenvalue weighted by Crippen LogP contribution is 2.43. The Kier molecular flexibility index (Phi) is 7.68. The van der Waals surface area contributed by atoms with Crippen LogP contribution in [0.5, 0.6) is 0 Å². The van der Waals surface area contributed by atoms with E-state index in [1.165, 1.54) is 14.0 Å². The summed E-state index contributed by atoms with van der Waals surface area (Å²) >= 11 is 6.37. The first-order chi connectivity index (χ1) is 17.6. The summed E-state index contributed by atoms with van der Waals surface area (Å²) in [4.78, 5) is 18.5. The zero-order valence-corrected chi connectivity index (χ0v) is 21.7. The number of rotatable bonds is 3. The number of benzene rings is 2. The molecule has 0 radical (unpaired) electrons. The minimum atomic E-state index is -4.99. The average Bonchev–Trinajstić information content (AvgIpc) is 3.23. The molecule has 2 saturated heterocycles. The fourth-order valence-electron chi connectivity index (χ4n) is 5.44. The summed E-state index contributed by atoms with van der Waals surface area (Å²) in [6, 6.07) is 4.28. The summed E-state index contributed by atoms with van der Waals surface area (Å²) in [5.74, 6) is 0. The quantitative estimate of drug-likeness (QED) is 0.426. The van der Waals surface area contributed by atoms with Gasteiger partial charge in [-0.05, 0) is 67.6 Å². The van der Waals surface area contributed by atoms with Crippen molar-refractivity contribution in [3.05, 3.63) is 69.2 Å². The molecule has 2 fully saturated rings. The number of aliphatic hydroxyl groups excluding tert-OH is 1. The summed E-state index contributed by atoms with van der Waals surface area (Å²) in [5, 5.41) is 11.0. The molecule has 12 heteroatoms. The second-order valence-electron chi connectivity index (χ2n) is 9.86. The SMILES string of the molecule is Cc1c(Cl)cccc1C1C2CCC(O)N2CCN1C(=O)N(C)C(C)c1cc(C(F)(F)F)cc(C(F)(F)F)c1. The molecule has 2 amide bonds. The van der Waals surface area contributed by atoms with Crippen molar-refractivity contribution in [3.63, 3.8) is 0 Å². The summed E-state index contributed by atoms with van der Waals surface area (Å²) in [7, 11) is 1.36. The molecule has 1 N–H and O–H groups in total. The molecule has 0 spiro atoms. The second-order valence-corrected chi connectivity index (χ2v) is 10.3. The van der Waals surface area contributed by atoms with Gasteiger partial charge in [0.15, 0.2) is 0 Å². The Morgan fingerprint density at radius 3 is 2.24 bits per heavy atom. The van der Waals surface area contributed by atoms with E-state index in [4.69, 9.17) is 11.6 Å². The van der Waals surface area contributed by atoms with Crippen molar-refractivity contribution >= 4 is 17.6 Å². The average molecular weight is 564 g/mol. The van der Waals surface area contributed by atoms with Gasteiger partial charge in [-0.2, -0.15) is 26.3 Å². The van der Waals surface area contributed by atoms with E-state index in [1.54, 1.807) is 17.0 Å². The monoisotopic (exact) mass is 563 g/mol. The number of aliphatic hydroxyl groups is 1. The van der Waals surface area contributed by atoms with E-state index in [2.05, 4.69) is 0 Å². The number of piperazine rings is 1. The summed E-state index contributed by atoms with van der Waals surface area (Å²) in [5.41, 5.74) is -1.63. The Morgan fingerprint density at radius 2 is 1.66 bits per heavy atom. The van der Waals surface area contributed by atoms with Gasteiger partial charge in [-0.15, -0.1) is 0 Å². The molecule has 2 aliphatic heterocycles. The number of hydrogen-bond acceptors (Lipinski definition) is 3. The van der Waals surface area contributed by atoms with E-state index < -0.39 is 47.8 Å². The Morgan fingerprint density at radius 1 is 1.05 bits per heavy atom. The minimum absolute atomic E-state index is 0.0701. The van der Waals surface area contributed by atoms with E-state index in [1.807, 2.05) is 17.9 Å². The number of alkyl halides is 6. The topological polar surface area (TPSA) is 47.0 Å². The van der Waals surface area contributed by atoms with E-state index in [0.717, 1.165) is 16.0 Å². The number of halogens is 7. The molecule has 4 unspecified atom stereocenters. The number of urea groups is 1. The third-order valence-corrected chi connectivity index (χ3v) is 8.09. The van der Waals surface area contributed by atoms with Crippen LogP contribution in [0.15, 0.2) is 36.4 Å². The van der Waals surface area contributed by atoms with Gasteiger partial charge >= 0.3 is 18.4 Å². The predicted molar refractivity (Wildman–Crippen MR) is 129 cm³/mol. The lowest BCUT2D eigenvalue weighted by molar-refractivity contribution is -0.143. The second kappa shape index (κ2) is 10.2. The van der Waals surface area contributed by atoms with Crippen LogP contribution in [0.25, 0.3) is 0 Å². The fourth-order valence-corrected chi connectivity index (χ4v) is 5.62. The molecule has 2 aromatic rings. The first-order valence-corrected chi connectivity index (χ1v) is 12.5. The van der Waals surface area contributed by atoms with Gasteiger partial charge in [0, 0.05) is 31.2 Å². The maximum Gasteiger partial charge on any atom is 0.416 e. The van der Waals surface area contributed by atoms with Crippen molar-refractivity contribution in [1.29, 1.82) is 0 Å². The number of carbonyl (C=O) groups excluding carboxylic acids is 1. The van der Waals surface area contributed by atoms with Crippen LogP contribution in [0.1, 0.15) is 59.7 Å². The van der Waals surface area contributed by atoms with Crippen LogP contribution in [0.4, 0.5) is 31.1 Å². The maximum absolute atomic E-state index is 13.8. The third-order valence-electron chi connectivity index (χ3n) is 7.68. The molecule has 2 heterocycles. The lowest BCUT2D eigenvalue weighted by Gasteiger charge is -2.47. The highest BCUT2D eigenvalue weighted by Gasteiger charge is 2.47. The van der Waals surface area contributed by atoms with E-state index in [-0.39, 0.29) is 24.2 Å². The standard InChI is InChI=1S/C26H28ClF6N3O2/c1-14-19(5-4-6-20(14)27)23-21-7-8-22(37)35(21)9-10-36(23)24(38)34(3)15(2)16-11-17(25(28,29)30)13-18(12-16)26(31,32)33/h4-6,11-13,15,21-23,37H,7-10H2,1-3H3. The van der Waals surface area contributed by atoms with E-state index >= 15 is 0 Å². The van der Waals surface area contributed by atoms with Crippen LogP contribution < -0.4 is 0 Å². The third kappa shape index (κ3) is 5.33. The van der Waals surface area contributed by atoms with Crippen LogP contribution in [0.2, 0.25) is 5.02 Å². The highest BCUT2D eigenvalue weighted by atomic mass is 35.5. The zero-order valence-electron chi connectivity index (χ0n) is 20.9. The summed E-state index contributed by atoms with van der Waals surface area (Å²) < 4.78 is 80.5. The molecule has 2 aromatic carbocycles. The number of nitrogens with zero attached hydrogens (tertiary/aromatic N) is 3. The van der Waals surface area contributed by atoms with Gasteiger partial charge in [0.25, 0.3) is 0 Å². The normalized spacial score (nSPS) is 23.3. The number of carbonyl (C=O) groups is 1. The van der Waals surface area contributed by atoms with Crippen LogP contribution in [-0.2, 0) is 12.4 Å². The predicted octanol–water partition coefficient (Wildman–Crippen LogP) is 6.64. The van der Waals surface area contributed by atoms with Crippen LogP contribution in [0, 0.1) is 6.92 Å². The number of fused-ring (bicyclic) bond motifs is 1. The fraction of sp³-hybridized carbons (Fsp3) is 0.500. The van der Waals surface area contributed by atoms with Gasteiger partial charge in [0.05, 0.1) is 23.2 Å². The lowest BCUT2D eigenvalue weighted by Crippen LogP contribution is -2.58. The molecule has 0 aromatic heterocycles. The van der Waals surface area contributed by atoms with Gasteiger partial charge in [0.2, 0.25) is 0 Å². The molecule has 4 rings (SSSR count). The first kappa shape index (κ1) is 28.5. The van der Waals surface area contributed by atoms with Crippen molar-refractivity contribution in [2.45, 2.75) is 63.4 Å². The van der Waals surface area contributed by atoms with Crippen LogP contribution in [0.3, 0.4) is 0 Å². The van der Waals surface area contributed by atoms with Gasteiger partial charge in [-0.1, -0.05) is 23.7 Å². The van der Waals surface area contributed by atoms with Crippen molar-refractivity contribution in [1.82, 2.24) is 14.7 Å². The number of amides is 2. The molecule has 2 aliphatic rings. The van der Waals surface area contributed by atoms with Crippen molar-refractivity contribution < 1.29 is 36.2 Å².